The standard InChI is InChI=1S/C19H30OSi/c1-15(2)18(13-16(3)20)19(11-12-19)14-21(4,5)17-9-7-6-8-10-17/h6-10,15,18H,11-14H2,1-5H3. The second-order valence-corrected chi connectivity index (χ2v) is 12.7. The van der Waals surface area contributed by atoms with Crippen molar-refractivity contribution in [2.24, 2.45) is 17.3 Å². The minimum absolute atomic E-state index is 0.360. The van der Waals surface area contributed by atoms with Crippen molar-refractivity contribution < 1.29 is 4.79 Å². The SMILES string of the molecule is CC(=O)CC(C(C)C)C1(C[Si](C)(C)c2ccccc2)CC1. The molecule has 1 unspecified atom stereocenters. The quantitative estimate of drug-likeness (QED) is 0.671. The Morgan fingerprint density at radius 2 is 1.76 bits per heavy atom. The highest BCUT2D eigenvalue weighted by Gasteiger charge is 2.53. The van der Waals surface area contributed by atoms with Gasteiger partial charge >= 0.3 is 0 Å². The number of ketones is 1. The van der Waals surface area contributed by atoms with Gasteiger partial charge in [0.15, 0.2) is 0 Å². The zero-order valence-corrected chi connectivity index (χ0v) is 15.3. The van der Waals surface area contributed by atoms with Gasteiger partial charge < -0.3 is 4.79 Å². The normalized spacial score (nSPS) is 18.6. The van der Waals surface area contributed by atoms with Crippen LogP contribution in [0.3, 0.4) is 0 Å². The van der Waals surface area contributed by atoms with Crippen molar-refractivity contribution in [3.05, 3.63) is 30.3 Å². The largest absolute Gasteiger partial charge is 0.300 e. The average Bonchev–Trinajstić information content (AvgIpc) is 3.16. The minimum Gasteiger partial charge on any atom is -0.300 e. The molecule has 0 saturated heterocycles. The first kappa shape index (κ1) is 16.5. The number of rotatable bonds is 7. The summed E-state index contributed by atoms with van der Waals surface area (Å²) in [7, 11) is -1.42. The molecule has 0 heterocycles. The second-order valence-electron chi connectivity index (χ2n) is 8.05. The molecule has 1 aliphatic carbocycles. The van der Waals surface area contributed by atoms with E-state index < -0.39 is 8.07 Å². The van der Waals surface area contributed by atoms with E-state index in [0.29, 0.717) is 23.0 Å². The van der Waals surface area contributed by atoms with Gasteiger partial charge in [-0.3, -0.25) is 0 Å². The number of hydrogen-bond acceptors (Lipinski definition) is 1. The molecule has 0 aliphatic heterocycles. The lowest BCUT2D eigenvalue weighted by Gasteiger charge is -2.36. The van der Waals surface area contributed by atoms with Crippen LogP contribution < -0.4 is 5.19 Å². The van der Waals surface area contributed by atoms with Crippen molar-refractivity contribution in [3.63, 3.8) is 0 Å². The maximum absolute atomic E-state index is 11.7. The highest BCUT2D eigenvalue weighted by molar-refractivity contribution is 6.89. The molecular formula is C19H30OSi. The Labute approximate surface area is 131 Å². The van der Waals surface area contributed by atoms with Gasteiger partial charge in [0.2, 0.25) is 0 Å². The van der Waals surface area contributed by atoms with Crippen molar-refractivity contribution in [2.45, 2.75) is 59.2 Å². The molecule has 1 aromatic carbocycles. The predicted octanol–water partition coefficient (Wildman–Crippen LogP) is 4.63. The lowest BCUT2D eigenvalue weighted by Crippen LogP contribution is -2.45. The highest BCUT2D eigenvalue weighted by atomic mass is 28.3. The molecule has 2 heteroatoms. The van der Waals surface area contributed by atoms with Gasteiger partial charge in [-0.2, -0.15) is 0 Å². The van der Waals surface area contributed by atoms with Crippen LogP contribution >= 0.6 is 0 Å². The Bertz CT molecular complexity index is 486. The van der Waals surface area contributed by atoms with Crippen molar-refractivity contribution in [3.8, 4) is 0 Å². The Hall–Kier alpha value is -0.893. The Morgan fingerprint density at radius 3 is 2.19 bits per heavy atom. The van der Waals surface area contributed by atoms with E-state index in [9.17, 15) is 4.79 Å². The third-order valence-corrected chi connectivity index (χ3v) is 8.82. The van der Waals surface area contributed by atoms with Gasteiger partial charge in [-0.25, -0.2) is 0 Å². The fourth-order valence-corrected chi connectivity index (χ4v) is 7.85. The molecule has 1 fully saturated rings. The van der Waals surface area contributed by atoms with E-state index in [1.165, 1.54) is 18.9 Å². The first-order valence-electron chi connectivity index (χ1n) is 8.32. The van der Waals surface area contributed by atoms with E-state index in [0.717, 1.165) is 6.42 Å². The van der Waals surface area contributed by atoms with Crippen LogP contribution in [-0.2, 0) is 4.79 Å². The Morgan fingerprint density at radius 1 is 1.19 bits per heavy atom. The zero-order valence-electron chi connectivity index (χ0n) is 14.3. The van der Waals surface area contributed by atoms with Crippen LogP contribution in [0.25, 0.3) is 0 Å². The highest BCUT2D eigenvalue weighted by Crippen LogP contribution is 2.60. The van der Waals surface area contributed by atoms with E-state index in [-0.39, 0.29) is 0 Å². The maximum Gasteiger partial charge on any atom is 0.130 e. The third kappa shape index (κ3) is 3.85. The van der Waals surface area contributed by atoms with E-state index in [2.05, 4.69) is 57.3 Å². The summed E-state index contributed by atoms with van der Waals surface area (Å²) in [5.74, 6) is 1.54. The number of benzene rings is 1. The van der Waals surface area contributed by atoms with Crippen LogP contribution in [0.4, 0.5) is 0 Å². The number of carbonyl (C=O) groups is 1. The van der Waals surface area contributed by atoms with E-state index >= 15 is 0 Å². The summed E-state index contributed by atoms with van der Waals surface area (Å²) in [6, 6.07) is 12.4. The summed E-state index contributed by atoms with van der Waals surface area (Å²) in [6.45, 7) is 11.3. The first-order chi connectivity index (χ1) is 9.77. The van der Waals surface area contributed by atoms with Crippen molar-refractivity contribution in [1.29, 1.82) is 0 Å². The van der Waals surface area contributed by atoms with Gasteiger partial charge in [0.1, 0.15) is 5.78 Å². The molecule has 0 bridgehead atoms. The molecule has 1 saturated carbocycles. The minimum atomic E-state index is -1.42. The van der Waals surface area contributed by atoms with Gasteiger partial charge in [-0.05, 0) is 43.1 Å². The first-order valence-corrected chi connectivity index (χ1v) is 11.5. The number of carbonyl (C=O) groups excluding carboxylic acids is 1. The molecule has 0 aromatic heterocycles. The molecule has 1 atom stereocenters. The van der Waals surface area contributed by atoms with Gasteiger partial charge in [-0.15, -0.1) is 0 Å². The fraction of sp³-hybridized carbons (Fsp3) is 0.632. The molecule has 0 N–H and O–H groups in total. The van der Waals surface area contributed by atoms with Crippen LogP contribution in [-0.4, -0.2) is 13.9 Å². The van der Waals surface area contributed by atoms with E-state index in [4.69, 9.17) is 0 Å². The summed E-state index contributed by atoms with van der Waals surface area (Å²) in [6.07, 6.45) is 3.43. The van der Waals surface area contributed by atoms with Crippen molar-refractivity contribution in [1.82, 2.24) is 0 Å². The number of hydrogen-bond donors (Lipinski definition) is 0. The smallest absolute Gasteiger partial charge is 0.130 e. The number of Topliss-reactive ketones (excluding diaryl/α,β-unsaturated/α-hetero) is 1. The summed E-state index contributed by atoms with van der Waals surface area (Å²) in [5.41, 5.74) is 0.450. The van der Waals surface area contributed by atoms with Crippen molar-refractivity contribution in [2.75, 3.05) is 0 Å². The van der Waals surface area contributed by atoms with E-state index in [1.807, 2.05) is 0 Å². The summed E-state index contributed by atoms with van der Waals surface area (Å²) >= 11 is 0. The molecular weight excluding hydrogens is 272 g/mol. The molecule has 1 aromatic rings. The molecule has 2 rings (SSSR count). The fourth-order valence-electron chi connectivity index (χ4n) is 4.18. The van der Waals surface area contributed by atoms with Crippen LogP contribution in [0.2, 0.25) is 19.1 Å². The Kier molecular flexibility index (Phi) is 4.77. The molecule has 1 aliphatic rings. The predicted molar refractivity (Wildman–Crippen MR) is 93.7 cm³/mol. The monoisotopic (exact) mass is 302 g/mol. The van der Waals surface area contributed by atoms with Gasteiger partial charge in [-0.1, -0.05) is 62.5 Å². The van der Waals surface area contributed by atoms with Gasteiger partial charge in [0, 0.05) is 6.42 Å². The third-order valence-electron chi connectivity index (χ3n) is 5.34. The van der Waals surface area contributed by atoms with E-state index in [1.54, 1.807) is 12.1 Å². The zero-order chi connectivity index (χ0) is 15.7. The molecule has 116 valence electrons. The van der Waals surface area contributed by atoms with Crippen LogP contribution in [0, 0.1) is 17.3 Å². The van der Waals surface area contributed by atoms with Gasteiger partial charge in [0.25, 0.3) is 0 Å². The molecule has 21 heavy (non-hydrogen) atoms. The second kappa shape index (κ2) is 6.08. The average molecular weight is 303 g/mol. The molecule has 0 amide bonds. The lowest BCUT2D eigenvalue weighted by atomic mass is 9.78. The summed E-state index contributed by atoms with van der Waals surface area (Å²) in [4.78, 5) is 11.7. The molecule has 0 spiro atoms. The molecule has 1 nitrogen and oxygen atoms in total. The van der Waals surface area contributed by atoms with Gasteiger partial charge in [0.05, 0.1) is 8.07 Å². The lowest BCUT2D eigenvalue weighted by molar-refractivity contribution is -0.118. The molecule has 0 radical (unpaired) electrons. The van der Waals surface area contributed by atoms with Crippen LogP contribution in [0.1, 0.15) is 40.0 Å². The maximum atomic E-state index is 11.7. The van der Waals surface area contributed by atoms with Crippen LogP contribution in [0.5, 0.6) is 0 Å². The van der Waals surface area contributed by atoms with Crippen molar-refractivity contribution >= 4 is 19.0 Å². The Balaban J connectivity index is 2.18. The summed E-state index contributed by atoms with van der Waals surface area (Å²) < 4.78 is 0. The summed E-state index contributed by atoms with van der Waals surface area (Å²) in [5, 5.41) is 1.56. The topological polar surface area (TPSA) is 17.1 Å². The van der Waals surface area contributed by atoms with Crippen LogP contribution in [0.15, 0.2) is 30.3 Å².